The molecule has 1 aliphatic rings. The van der Waals surface area contributed by atoms with Gasteiger partial charge < -0.3 is 15.5 Å². The summed E-state index contributed by atoms with van der Waals surface area (Å²) in [4.78, 5) is 2.28. The van der Waals surface area contributed by atoms with Gasteiger partial charge in [-0.3, -0.25) is 0 Å². The van der Waals surface area contributed by atoms with E-state index in [0.29, 0.717) is 11.7 Å². The summed E-state index contributed by atoms with van der Waals surface area (Å²) in [6.07, 6.45) is 0. The number of benzene rings is 1. The first kappa shape index (κ1) is 11.4. The van der Waals surface area contributed by atoms with E-state index in [4.69, 9.17) is 0 Å². The second-order valence-electron chi connectivity index (χ2n) is 4.27. The average molecular weight is 223 g/mol. The van der Waals surface area contributed by atoms with Crippen LogP contribution >= 0.6 is 0 Å². The van der Waals surface area contributed by atoms with Gasteiger partial charge in [0.25, 0.3) is 0 Å². The fourth-order valence-electron chi connectivity index (χ4n) is 1.97. The van der Waals surface area contributed by atoms with Gasteiger partial charge in [0.05, 0.1) is 5.69 Å². The van der Waals surface area contributed by atoms with E-state index in [1.54, 1.807) is 12.1 Å². The molecule has 4 heteroatoms. The molecule has 3 nitrogen and oxygen atoms in total. The molecule has 1 saturated heterocycles. The highest BCUT2D eigenvalue weighted by Gasteiger charge is 2.16. The second-order valence-corrected chi connectivity index (χ2v) is 4.27. The van der Waals surface area contributed by atoms with Crippen molar-refractivity contribution in [2.24, 2.45) is 0 Å². The minimum Gasteiger partial charge on any atom is -0.381 e. The molecular formula is C12H18FN3. The minimum absolute atomic E-state index is 0.188. The molecule has 2 rings (SSSR count). The first-order valence-corrected chi connectivity index (χ1v) is 5.66. The van der Waals surface area contributed by atoms with Crippen molar-refractivity contribution in [3.05, 3.63) is 30.1 Å². The summed E-state index contributed by atoms with van der Waals surface area (Å²) < 4.78 is 13.3. The zero-order chi connectivity index (χ0) is 11.4. The maximum absolute atomic E-state index is 13.3. The molecule has 1 aliphatic heterocycles. The molecule has 1 heterocycles. The van der Waals surface area contributed by atoms with Crippen molar-refractivity contribution in [3.63, 3.8) is 0 Å². The summed E-state index contributed by atoms with van der Waals surface area (Å²) in [5, 5.41) is 6.55. The Kier molecular flexibility index (Phi) is 3.74. The van der Waals surface area contributed by atoms with E-state index >= 15 is 0 Å². The molecule has 0 radical (unpaired) electrons. The Hall–Kier alpha value is -1.13. The lowest BCUT2D eigenvalue weighted by atomic mass is 10.2. The van der Waals surface area contributed by atoms with Crippen LogP contribution in [-0.4, -0.2) is 44.2 Å². The Balaban J connectivity index is 1.85. The van der Waals surface area contributed by atoms with Gasteiger partial charge in [0, 0.05) is 32.2 Å². The van der Waals surface area contributed by atoms with E-state index in [-0.39, 0.29) is 5.82 Å². The molecule has 88 valence electrons. The van der Waals surface area contributed by atoms with E-state index in [0.717, 1.165) is 26.2 Å². The largest absolute Gasteiger partial charge is 0.381 e. The summed E-state index contributed by atoms with van der Waals surface area (Å²) in [6, 6.07) is 7.17. The van der Waals surface area contributed by atoms with Gasteiger partial charge in [-0.1, -0.05) is 12.1 Å². The molecule has 0 amide bonds. The fourth-order valence-corrected chi connectivity index (χ4v) is 1.97. The summed E-state index contributed by atoms with van der Waals surface area (Å²) >= 11 is 0. The van der Waals surface area contributed by atoms with Gasteiger partial charge in [-0.05, 0) is 19.2 Å². The summed E-state index contributed by atoms with van der Waals surface area (Å²) in [7, 11) is 2.11. The molecule has 0 aliphatic carbocycles. The number of nitrogens with one attached hydrogen (secondary N) is 2. The predicted octanol–water partition coefficient (Wildman–Crippen LogP) is 1.14. The van der Waals surface area contributed by atoms with Crippen LogP contribution in [-0.2, 0) is 0 Å². The number of halogens is 1. The van der Waals surface area contributed by atoms with Gasteiger partial charge in [0.15, 0.2) is 0 Å². The van der Waals surface area contributed by atoms with Gasteiger partial charge in [0.1, 0.15) is 5.82 Å². The highest BCUT2D eigenvalue weighted by Crippen LogP contribution is 2.12. The Labute approximate surface area is 95.6 Å². The molecule has 2 N–H and O–H groups in total. The van der Waals surface area contributed by atoms with E-state index in [1.165, 1.54) is 6.07 Å². The van der Waals surface area contributed by atoms with Gasteiger partial charge in [0.2, 0.25) is 0 Å². The number of nitrogens with zero attached hydrogens (tertiary/aromatic N) is 1. The van der Waals surface area contributed by atoms with Crippen molar-refractivity contribution >= 4 is 5.69 Å². The standard InChI is InChI=1S/C12H18FN3/c1-16-7-6-14-10(9-16)8-15-12-5-3-2-4-11(12)13/h2-5,10,14-15H,6-9H2,1H3. The normalized spacial score (nSPS) is 22.0. The van der Waals surface area contributed by atoms with Gasteiger partial charge in [-0.25, -0.2) is 4.39 Å². The van der Waals surface area contributed by atoms with Crippen molar-refractivity contribution in [2.45, 2.75) is 6.04 Å². The maximum atomic E-state index is 13.3. The van der Waals surface area contributed by atoms with Crippen molar-refractivity contribution < 1.29 is 4.39 Å². The molecule has 1 aromatic rings. The van der Waals surface area contributed by atoms with Crippen molar-refractivity contribution in [3.8, 4) is 0 Å². The van der Waals surface area contributed by atoms with Gasteiger partial charge >= 0.3 is 0 Å². The Morgan fingerprint density at radius 2 is 2.31 bits per heavy atom. The van der Waals surface area contributed by atoms with Crippen LogP contribution in [0.3, 0.4) is 0 Å². The lowest BCUT2D eigenvalue weighted by molar-refractivity contribution is 0.244. The second kappa shape index (κ2) is 5.27. The number of hydrogen-bond acceptors (Lipinski definition) is 3. The highest BCUT2D eigenvalue weighted by atomic mass is 19.1. The third kappa shape index (κ3) is 2.93. The number of rotatable bonds is 3. The highest BCUT2D eigenvalue weighted by molar-refractivity contribution is 5.44. The van der Waals surface area contributed by atoms with Crippen LogP contribution in [0.25, 0.3) is 0 Å². The topological polar surface area (TPSA) is 27.3 Å². The lowest BCUT2D eigenvalue weighted by Gasteiger charge is -2.31. The quantitative estimate of drug-likeness (QED) is 0.804. The Morgan fingerprint density at radius 1 is 1.50 bits per heavy atom. The van der Waals surface area contributed by atoms with E-state index < -0.39 is 0 Å². The smallest absolute Gasteiger partial charge is 0.146 e. The van der Waals surface area contributed by atoms with Crippen LogP contribution in [0.4, 0.5) is 10.1 Å². The van der Waals surface area contributed by atoms with Crippen molar-refractivity contribution in [1.29, 1.82) is 0 Å². The van der Waals surface area contributed by atoms with Crippen LogP contribution in [0.5, 0.6) is 0 Å². The zero-order valence-electron chi connectivity index (χ0n) is 9.54. The predicted molar refractivity (Wildman–Crippen MR) is 64.2 cm³/mol. The van der Waals surface area contributed by atoms with Crippen LogP contribution in [0.2, 0.25) is 0 Å². The molecule has 1 fully saturated rings. The molecule has 1 aromatic carbocycles. The zero-order valence-corrected chi connectivity index (χ0v) is 9.54. The monoisotopic (exact) mass is 223 g/mol. The Bertz CT molecular complexity index is 343. The minimum atomic E-state index is -0.188. The molecule has 1 atom stereocenters. The molecule has 0 aromatic heterocycles. The number of anilines is 1. The summed E-state index contributed by atoms with van der Waals surface area (Å²) in [5.41, 5.74) is 0.581. The molecule has 0 saturated carbocycles. The third-order valence-electron chi connectivity index (χ3n) is 2.87. The van der Waals surface area contributed by atoms with Gasteiger partial charge in [-0.15, -0.1) is 0 Å². The molecule has 1 unspecified atom stereocenters. The van der Waals surface area contributed by atoms with E-state index in [2.05, 4.69) is 22.6 Å². The summed E-state index contributed by atoms with van der Waals surface area (Å²) in [6.45, 7) is 3.84. The molecule has 16 heavy (non-hydrogen) atoms. The number of likely N-dealkylation sites (N-methyl/N-ethyl adjacent to an activating group) is 1. The first-order chi connectivity index (χ1) is 7.75. The van der Waals surface area contributed by atoms with Crippen molar-refractivity contribution in [1.82, 2.24) is 10.2 Å². The van der Waals surface area contributed by atoms with Crippen LogP contribution in [0, 0.1) is 5.82 Å². The fraction of sp³-hybridized carbons (Fsp3) is 0.500. The molecule has 0 spiro atoms. The molecule has 0 bridgehead atoms. The lowest BCUT2D eigenvalue weighted by Crippen LogP contribution is -2.51. The SMILES string of the molecule is CN1CCNC(CNc2ccccc2F)C1. The van der Waals surface area contributed by atoms with Crippen molar-refractivity contribution in [2.75, 3.05) is 38.5 Å². The number of hydrogen-bond donors (Lipinski definition) is 2. The average Bonchev–Trinajstić information content (AvgIpc) is 2.28. The number of piperazine rings is 1. The summed E-state index contributed by atoms with van der Waals surface area (Å²) in [5.74, 6) is -0.188. The van der Waals surface area contributed by atoms with Crippen LogP contribution in [0.15, 0.2) is 24.3 Å². The van der Waals surface area contributed by atoms with Crippen LogP contribution in [0.1, 0.15) is 0 Å². The maximum Gasteiger partial charge on any atom is 0.146 e. The third-order valence-corrected chi connectivity index (χ3v) is 2.87. The molecular weight excluding hydrogens is 205 g/mol. The Morgan fingerprint density at radius 3 is 3.06 bits per heavy atom. The van der Waals surface area contributed by atoms with Gasteiger partial charge in [-0.2, -0.15) is 0 Å². The van der Waals surface area contributed by atoms with E-state index in [1.807, 2.05) is 6.07 Å². The number of para-hydroxylation sites is 1. The first-order valence-electron chi connectivity index (χ1n) is 5.66. The van der Waals surface area contributed by atoms with E-state index in [9.17, 15) is 4.39 Å². The van der Waals surface area contributed by atoms with Crippen LogP contribution < -0.4 is 10.6 Å².